The summed E-state index contributed by atoms with van der Waals surface area (Å²) >= 11 is 0. The van der Waals surface area contributed by atoms with Gasteiger partial charge in [0.2, 0.25) is 0 Å². The zero-order valence-corrected chi connectivity index (χ0v) is 9.50. The quantitative estimate of drug-likeness (QED) is 0.596. The molecular formula is C14H7F4N. The molecule has 0 spiro atoms. The van der Waals surface area contributed by atoms with Gasteiger partial charge < -0.3 is 0 Å². The number of halogens is 4. The Balaban J connectivity index is 2.67. The minimum atomic E-state index is -1.55. The third-order valence-electron chi connectivity index (χ3n) is 2.70. The average molecular weight is 265 g/mol. The first-order valence-corrected chi connectivity index (χ1v) is 5.33. The van der Waals surface area contributed by atoms with Crippen LogP contribution in [-0.4, -0.2) is 0 Å². The predicted molar refractivity (Wildman–Crippen MR) is 60.2 cm³/mol. The summed E-state index contributed by atoms with van der Waals surface area (Å²) in [4.78, 5) is 0. The Morgan fingerprint density at radius 2 is 1.42 bits per heavy atom. The number of benzene rings is 2. The first kappa shape index (κ1) is 13.1. The van der Waals surface area contributed by atoms with Crippen molar-refractivity contribution in [3.05, 3.63) is 70.8 Å². The number of rotatable bonds is 2. The fourth-order valence-corrected chi connectivity index (χ4v) is 1.80. The van der Waals surface area contributed by atoms with Crippen molar-refractivity contribution in [2.45, 2.75) is 5.92 Å². The van der Waals surface area contributed by atoms with Crippen LogP contribution < -0.4 is 0 Å². The second kappa shape index (κ2) is 5.11. The zero-order chi connectivity index (χ0) is 14.0. The van der Waals surface area contributed by atoms with Crippen LogP contribution in [0.4, 0.5) is 17.6 Å². The summed E-state index contributed by atoms with van der Waals surface area (Å²) in [5, 5.41) is 9.04. The van der Waals surface area contributed by atoms with Crippen LogP contribution in [0.15, 0.2) is 36.4 Å². The van der Waals surface area contributed by atoms with E-state index < -0.39 is 34.8 Å². The summed E-state index contributed by atoms with van der Waals surface area (Å²) in [6.45, 7) is 0. The van der Waals surface area contributed by atoms with E-state index in [0.717, 1.165) is 0 Å². The van der Waals surface area contributed by atoms with Crippen LogP contribution in [0.5, 0.6) is 0 Å². The molecule has 1 atom stereocenters. The summed E-state index contributed by atoms with van der Waals surface area (Å²) in [7, 11) is 0. The maximum atomic E-state index is 13.6. The topological polar surface area (TPSA) is 23.8 Å². The molecule has 5 heteroatoms. The molecule has 19 heavy (non-hydrogen) atoms. The summed E-state index contributed by atoms with van der Waals surface area (Å²) < 4.78 is 53.5. The molecule has 0 aliphatic heterocycles. The smallest absolute Gasteiger partial charge is 0.166 e. The SMILES string of the molecule is N#CC(c1ccccc1)c1c(F)c(F)cc(F)c1F. The van der Waals surface area contributed by atoms with Gasteiger partial charge >= 0.3 is 0 Å². The summed E-state index contributed by atoms with van der Waals surface area (Å²) in [6.07, 6.45) is 0. The van der Waals surface area contributed by atoms with Gasteiger partial charge in [-0.1, -0.05) is 30.3 Å². The highest BCUT2D eigenvalue weighted by Crippen LogP contribution is 2.30. The van der Waals surface area contributed by atoms with Gasteiger partial charge in [0.1, 0.15) is 5.92 Å². The number of nitrogens with zero attached hydrogens (tertiary/aromatic N) is 1. The molecule has 0 saturated heterocycles. The van der Waals surface area contributed by atoms with E-state index in [0.29, 0.717) is 0 Å². The minimum Gasteiger partial charge on any atom is -0.204 e. The number of hydrogen-bond donors (Lipinski definition) is 0. The third kappa shape index (κ3) is 2.29. The van der Waals surface area contributed by atoms with Gasteiger partial charge in [-0.25, -0.2) is 17.6 Å². The summed E-state index contributed by atoms with van der Waals surface area (Å²) in [6, 6.07) is 9.45. The molecule has 0 aromatic heterocycles. The highest BCUT2D eigenvalue weighted by Gasteiger charge is 2.27. The fraction of sp³-hybridized carbons (Fsp3) is 0.0714. The lowest BCUT2D eigenvalue weighted by Gasteiger charge is -2.12. The maximum Gasteiger partial charge on any atom is 0.166 e. The van der Waals surface area contributed by atoms with E-state index in [9.17, 15) is 17.6 Å². The van der Waals surface area contributed by atoms with Crippen LogP contribution in [-0.2, 0) is 0 Å². The van der Waals surface area contributed by atoms with Crippen molar-refractivity contribution < 1.29 is 17.6 Å². The van der Waals surface area contributed by atoms with Gasteiger partial charge in [0.05, 0.1) is 11.6 Å². The van der Waals surface area contributed by atoms with E-state index in [2.05, 4.69) is 0 Å². The van der Waals surface area contributed by atoms with E-state index in [1.54, 1.807) is 24.3 Å². The molecule has 0 aliphatic carbocycles. The van der Waals surface area contributed by atoms with Crippen LogP contribution in [0.3, 0.4) is 0 Å². The Bertz CT molecular complexity index is 620. The van der Waals surface area contributed by atoms with Crippen LogP contribution >= 0.6 is 0 Å². The molecule has 0 bridgehead atoms. The largest absolute Gasteiger partial charge is 0.204 e. The van der Waals surface area contributed by atoms with E-state index >= 15 is 0 Å². The molecule has 2 rings (SSSR count). The molecule has 0 amide bonds. The van der Waals surface area contributed by atoms with Gasteiger partial charge in [-0.05, 0) is 5.56 Å². The molecule has 0 fully saturated rings. The van der Waals surface area contributed by atoms with Crippen molar-refractivity contribution in [3.63, 3.8) is 0 Å². The Kier molecular flexibility index (Phi) is 3.52. The number of hydrogen-bond acceptors (Lipinski definition) is 1. The van der Waals surface area contributed by atoms with Crippen molar-refractivity contribution in [1.82, 2.24) is 0 Å². The first-order valence-electron chi connectivity index (χ1n) is 5.33. The fourth-order valence-electron chi connectivity index (χ4n) is 1.80. The van der Waals surface area contributed by atoms with Gasteiger partial charge in [0.25, 0.3) is 0 Å². The predicted octanol–water partition coefficient (Wildman–Crippen LogP) is 3.90. The van der Waals surface area contributed by atoms with Crippen molar-refractivity contribution in [2.24, 2.45) is 0 Å². The lowest BCUT2D eigenvalue weighted by molar-refractivity contribution is 0.438. The molecule has 1 unspecified atom stereocenters. The highest BCUT2D eigenvalue weighted by atomic mass is 19.2. The second-order valence-electron chi connectivity index (χ2n) is 3.85. The van der Waals surface area contributed by atoms with Crippen molar-refractivity contribution in [2.75, 3.05) is 0 Å². The van der Waals surface area contributed by atoms with E-state index in [-0.39, 0.29) is 11.6 Å². The van der Waals surface area contributed by atoms with Crippen molar-refractivity contribution in [1.29, 1.82) is 5.26 Å². The van der Waals surface area contributed by atoms with Gasteiger partial charge in [0, 0.05) is 6.07 Å². The van der Waals surface area contributed by atoms with E-state index in [1.807, 2.05) is 0 Å². The van der Waals surface area contributed by atoms with E-state index in [1.165, 1.54) is 12.1 Å². The van der Waals surface area contributed by atoms with Crippen LogP contribution in [0.2, 0.25) is 0 Å². The molecular weight excluding hydrogens is 258 g/mol. The van der Waals surface area contributed by atoms with Crippen molar-refractivity contribution in [3.8, 4) is 6.07 Å². The number of nitriles is 1. The van der Waals surface area contributed by atoms with Gasteiger partial charge in [-0.2, -0.15) is 5.26 Å². The zero-order valence-electron chi connectivity index (χ0n) is 9.50. The molecule has 0 aliphatic rings. The van der Waals surface area contributed by atoms with Crippen LogP contribution in [0.25, 0.3) is 0 Å². The Labute approximate surface area is 106 Å². The summed E-state index contributed by atoms with van der Waals surface area (Å²) in [5.41, 5.74) is -0.654. The maximum absolute atomic E-state index is 13.6. The Morgan fingerprint density at radius 1 is 0.895 bits per heavy atom. The molecule has 0 radical (unpaired) electrons. The molecule has 2 aromatic carbocycles. The third-order valence-corrected chi connectivity index (χ3v) is 2.70. The standard InChI is InChI=1S/C14H7F4N/c15-10-6-11(16)14(18)12(13(10)17)9(7-19)8-4-2-1-3-5-8/h1-6,9H. The van der Waals surface area contributed by atoms with Crippen LogP contribution in [0, 0.1) is 34.6 Å². The summed E-state index contributed by atoms with van der Waals surface area (Å²) in [5.74, 6) is -7.55. The van der Waals surface area contributed by atoms with E-state index in [4.69, 9.17) is 5.26 Å². The molecule has 2 aromatic rings. The highest BCUT2D eigenvalue weighted by molar-refractivity contribution is 5.40. The normalized spacial score (nSPS) is 11.9. The first-order chi connectivity index (χ1) is 9.06. The van der Waals surface area contributed by atoms with Gasteiger partial charge in [-0.15, -0.1) is 0 Å². The minimum absolute atomic E-state index is 0.119. The second-order valence-corrected chi connectivity index (χ2v) is 3.85. The van der Waals surface area contributed by atoms with Crippen molar-refractivity contribution >= 4 is 0 Å². The molecule has 0 heterocycles. The van der Waals surface area contributed by atoms with Crippen LogP contribution in [0.1, 0.15) is 17.0 Å². The Morgan fingerprint density at radius 3 is 1.89 bits per heavy atom. The van der Waals surface area contributed by atoms with Gasteiger partial charge in [0.15, 0.2) is 23.3 Å². The molecule has 1 nitrogen and oxygen atoms in total. The molecule has 0 saturated carbocycles. The molecule has 0 N–H and O–H groups in total. The average Bonchev–Trinajstić information content (AvgIpc) is 2.42. The molecule has 96 valence electrons. The monoisotopic (exact) mass is 265 g/mol. The lowest BCUT2D eigenvalue weighted by Crippen LogP contribution is -2.08. The van der Waals surface area contributed by atoms with Gasteiger partial charge in [-0.3, -0.25) is 0 Å². The lowest BCUT2D eigenvalue weighted by atomic mass is 9.91. The Hall–Kier alpha value is -2.35.